The first-order chi connectivity index (χ1) is 20.9. The maximum absolute atomic E-state index is 14.8. The molecule has 0 radical (unpaired) electrons. The minimum Gasteiger partial charge on any atom is -0.497 e. The number of ether oxygens (including phenoxy) is 4. The van der Waals surface area contributed by atoms with Crippen molar-refractivity contribution in [2.75, 3.05) is 13.7 Å². The van der Waals surface area contributed by atoms with E-state index in [2.05, 4.69) is 19.6 Å². The van der Waals surface area contributed by atoms with E-state index < -0.39 is 14.0 Å². The van der Waals surface area contributed by atoms with E-state index in [1.54, 1.807) is 7.11 Å². The summed E-state index contributed by atoms with van der Waals surface area (Å²) in [5.74, 6) is -2.13. The van der Waals surface area contributed by atoms with Gasteiger partial charge in [0.2, 0.25) is 5.92 Å². The summed E-state index contributed by atoms with van der Waals surface area (Å²) in [6.07, 6.45) is 7.56. The molecule has 0 aromatic heterocycles. The lowest BCUT2D eigenvalue weighted by Gasteiger charge is -2.40. The van der Waals surface area contributed by atoms with Gasteiger partial charge in [-0.15, -0.1) is 0 Å². The van der Waals surface area contributed by atoms with E-state index >= 15 is 0 Å². The van der Waals surface area contributed by atoms with Gasteiger partial charge in [0.1, 0.15) is 18.1 Å². The second-order valence-corrected chi connectivity index (χ2v) is 19.4. The van der Waals surface area contributed by atoms with Crippen molar-refractivity contribution < 1.29 is 37.3 Å². The number of carbonyl (C=O) groups is 2. The molecule has 0 bridgehead atoms. The first-order valence-corrected chi connectivity index (χ1v) is 20.5. The number of hydrogen-bond acceptors (Lipinski definition) is 6. The van der Waals surface area contributed by atoms with Crippen molar-refractivity contribution in [1.29, 1.82) is 0 Å². The molecule has 2 fully saturated rings. The topological polar surface area (TPSA) is 71.1 Å². The molecule has 1 saturated heterocycles. The van der Waals surface area contributed by atoms with Crippen molar-refractivity contribution in [3.05, 3.63) is 29.8 Å². The van der Waals surface area contributed by atoms with Crippen molar-refractivity contribution >= 4 is 19.8 Å². The average Bonchev–Trinajstić information content (AvgIpc) is 3.60. The summed E-state index contributed by atoms with van der Waals surface area (Å²) in [6, 6.07) is 7.44. The Kier molecular flexibility index (Phi) is 14.8. The zero-order chi connectivity index (χ0) is 32.2. The van der Waals surface area contributed by atoms with E-state index in [4.69, 9.17) is 18.9 Å². The Balaban J connectivity index is 1.54. The summed E-state index contributed by atoms with van der Waals surface area (Å²) in [4.78, 5) is 25.7. The first kappa shape index (κ1) is 36.6. The van der Waals surface area contributed by atoms with Crippen LogP contribution in [0.3, 0.4) is 0 Å². The van der Waals surface area contributed by atoms with E-state index in [0.717, 1.165) is 62.7 Å². The normalized spacial score (nSPS) is 23.2. The quantitative estimate of drug-likeness (QED) is 0.0806. The molecule has 3 rings (SSSR count). The molecule has 0 spiro atoms. The number of alkyl halides is 2. The maximum atomic E-state index is 14.8. The molecule has 1 saturated carbocycles. The third kappa shape index (κ3) is 11.8. The third-order valence-corrected chi connectivity index (χ3v) is 12.3. The maximum Gasteiger partial charge on any atom is 0.306 e. The lowest BCUT2D eigenvalue weighted by molar-refractivity contribution is -0.156. The minimum absolute atomic E-state index is 0.0479. The van der Waals surface area contributed by atoms with Crippen LogP contribution in [-0.4, -0.2) is 51.9 Å². The summed E-state index contributed by atoms with van der Waals surface area (Å²) in [6.45, 7) is 9.59. The predicted molar refractivity (Wildman–Crippen MR) is 172 cm³/mol. The number of benzene rings is 1. The highest BCUT2D eigenvalue weighted by Gasteiger charge is 2.51. The van der Waals surface area contributed by atoms with E-state index in [0.29, 0.717) is 32.3 Å². The fraction of sp³-hybridized carbons (Fsp3) is 0.771. The van der Waals surface area contributed by atoms with E-state index in [1.807, 2.05) is 31.2 Å². The van der Waals surface area contributed by atoms with Crippen LogP contribution < -0.4 is 4.74 Å². The van der Waals surface area contributed by atoms with E-state index in [1.165, 1.54) is 0 Å². The molecule has 1 heterocycles. The minimum atomic E-state index is -2.67. The van der Waals surface area contributed by atoms with Gasteiger partial charge < -0.3 is 18.9 Å². The van der Waals surface area contributed by atoms with Crippen molar-refractivity contribution in [2.45, 2.75) is 147 Å². The van der Waals surface area contributed by atoms with Crippen LogP contribution in [0.4, 0.5) is 8.78 Å². The number of methoxy groups -OCH3 is 1. The number of esters is 1. The Labute approximate surface area is 264 Å². The largest absolute Gasteiger partial charge is 0.497 e. The molecule has 1 aliphatic carbocycles. The summed E-state index contributed by atoms with van der Waals surface area (Å²) in [5, 5.41) is 0. The van der Waals surface area contributed by atoms with E-state index in [-0.39, 0.29) is 61.0 Å². The van der Waals surface area contributed by atoms with Gasteiger partial charge in [0, 0.05) is 52.7 Å². The molecule has 6 nitrogen and oxygen atoms in total. The van der Waals surface area contributed by atoms with Gasteiger partial charge in [-0.25, -0.2) is 8.78 Å². The number of hydrogen-bond donors (Lipinski definition) is 0. The Morgan fingerprint density at radius 1 is 1.07 bits per heavy atom. The van der Waals surface area contributed by atoms with Gasteiger partial charge in [0.15, 0.2) is 6.29 Å². The van der Waals surface area contributed by atoms with Crippen LogP contribution in [0.1, 0.15) is 102 Å². The van der Waals surface area contributed by atoms with Gasteiger partial charge in [-0.2, -0.15) is 0 Å². The SMILES string of the molecule is CCCCC(F)(F)CC[C@H]([C@H]1[C@H](O[C@@H]2CCCO2)CC(=O)[C@@H]1CCCCCCC(=O)OCc1ccc(OC)cc1)[Si](C)(C)C. The van der Waals surface area contributed by atoms with Crippen LogP contribution in [0.25, 0.3) is 0 Å². The molecule has 0 unspecified atom stereocenters. The molecule has 250 valence electrons. The Morgan fingerprint density at radius 3 is 2.43 bits per heavy atom. The molecule has 9 heteroatoms. The van der Waals surface area contributed by atoms with Crippen LogP contribution >= 0.6 is 0 Å². The van der Waals surface area contributed by atoms with Crippen LogP contribution in [0.2, 0.25) is 25.2 Å². The van der Waals surface area contributed by atoms with Gasteiger partial charge in [0.05, 0.1) is 13.2 Å². The van der Waals surface area contributed by atoms with Crippen LogP contribution in [0.15, 0.2) is 24.3 Å². The molecule has 0 amide bonds. The van der Waals surface area contributed by atoms with Crippen LogP contribution in [-0.2, 0) is 30.4 Å². The molecule has 1 aromatic carbocycles. The van der Waals surface area contributed by atoms with Crippen molar-refractivity contribution in [3.63, 3.8) is 0 Å². The molecule has 1 aromatic rings. The summed E-state index contributed by atoms with van der Waals surface area (Å²) < 4.78 is 52.5. The number of ketones is 1. The number of carbonyl (C=O) groups excluding carboxylic acids is 2. The Bertz CT molecular complexity index is 1010. The van der Waals surface area contributed by atoms with Gasteiger partial charge in [-0.05, 0) is 61.3 Å². The zero-order valence-corrected chi connectivity index (χ0v) is 28.7. The standard InChI is InChI=1S/C35H56F2O6Si/c1-6-7-21-35(36,37)22-20-31(44(3,4)5)34-28(29(38)24-30(34)43-33-15-12-23-41-33)13-10-8-9-11-14-32(39)42-25-26-16-18-27(40-2)19-17-26/h16-19,28,30-31,33-34H,6-15,20-25H2,1-5H3/t28-,30+,31+,33+,34+/m0/s1. The molecule has 5 atom stereocenters. The van der Waals surface area contributed by atoms with Crippen molar-refractivity contribution in [3.8, 4) is 5.75 Å². The van der Waals surface area contributed by atoms with Gasteiger partial charge >= 0.3 is 5.97 Å². The highest BCUT2D eigenvalue weighted by atomic mass is 28.3. The Hall–Kier alpha value is -1.84. The van der Waals surface area contributed by atoms with Gasteiger partial charge in [-0.3, -0.25) is 9.59 Å². The lowest BCUT2D eigenvalue weighted by atomic mass is 9.84. The summed E-state index contributed by atoms with van der Waals surface area (Å²) >= 11 is 0. The van der Waals surface area contributed by atoms with Crippen LogP contribution in [0, 0.1) is 11.8 Å². The highest BCUT2D eigenvalue weighted by Crippen LogP contribution is 2.50. The molecule has 1 aliphatic heterocycles. The second kappa shape index (κ2) is 17.7. The zero-order valence-electron chi connectivity index (χ0n) is 27.7. The third-order valence-electron chi connectivity index (χ3n) is 9.42. The lowest BCUT2D eigenvalue weighted by Crippen LogP contribution is -2.41. The number of Topliss-reactive ketones (excluding diaryl/α,β-unsaturated/α-hetero) is 1. The highest BCUT2D eigenvalue weighted by molar-refractivity contribution is 6.77. The molecular formula is C35H56F2O6Si. The fourth-order valence-electron chi connectivity index (χ4n) is 6.92. The predicted octanol–water partition coefficient (Wildman–Crippen LogP) is 9.12. The Morgan fingerprint density at radius 2 is 1.80 bits per heavy atom. The van der Waals surface area contributed by atoms with E-state index in [9.17, 15) is 18.4 Å². The second-order valence-electron chi connectivity index (χ2n) is 13.9. The van der Waals surface area contributed by atoms with Crippen molar-refractivity contribution in [2.24, 2.45) is 11.8 Å². The molecule has 44 heavy (non-hydrogen) atoms. The summed E-state index contributed by atoms with van der Waals surface area (Å²) in [5.41, 5.74) is 0.983. The van der Waals surface area contributed by atoms with Gasteiger partial charge in [0.25, 0.3) is 0 Å². The van der Waals surface area contributed by atoms with Crippen LogP contribution in [0.5, 0.6) is 5.75 Å². The molecule has 2 aliphatic rings. The van der Waals surface area contributed by atoms with Gasteiger partial charge in [-0.1, -0.05) is 64.4 Å². The molecule has 0 N–H and O–H groups in total. The fourth-order valence-corrected chi connectivity index (χ4v) is 9.53. The number of unbranched alkanes of at least 4 members (excludes halogenated alkanes) is 4. The monoisotopic (exact) mass is 638 g/mol. The number of halogens is 2. The molecular weight excluding hydrogens is 582 g/mol. The number of rotatable bonds is 20. The summed E-state index contributed by atoms with van der Waals surface area (Å²) in [7, 11) is -0.314. The van der Waals surface area contributed by atoms with Crippen molar-refractivity contribution in [1.82, 2.24) is 0 Å². The smallest absolute Gasteiger partial charge is 0.306 e. The first-order valence-electron chi connectivity index (χ1n) is 16.9. The average molecular weight is 639 g/mol.